The van der Waals surface area contributed by atoms with Crippen LogP contribution in [-0.4, -0.2) is 60.2 Å². The van der Waals surface area contributed by atoms with Crippen molar-refractivity contribution in [3.05, 3.63) is 34.2 Å². The van der Waals surface area contributed by atoms with Crippen molar-refractivity contribution in [1.82, 2.24) is 10.2 Å². The van der Waals surface area contributed by atoms with E-state index in [1.165, 1.54) is 16.7 Å². The second-order valence-electron chi connectivity index (χ2n) is 7.37. The Kier molecular flexibility index (Phi) is 4.05. The number of aliphatic carboxylic acids is 1. The Balaban J connectivity index is 1.61. The van der Waals surface area contributed by atoms with Crippen LogP contribution in [0.1, 0.15) is 24.2 Å². The zero-order valence-electron chi connectivity index (χ0n) is 15.2. The van der Waals surface area contributed by atoms with Crippen LogP contribution in [-0.2, 0) is 9.59 Å². The van der Waals surface area contributed by atoms with Crippen LogP contribution in [0.4, 0.5) is 0 Å². The fraction of sp³-hybridized carbons (Fsp3) is 0.333. The Morgan fingerprint density at radius 3 is 2.55 bits per heavy atom. The molecule has 0 bridgehead atoms. The lowest BCUT2D eigenvalue weighted by Gasteiger charge is -2.43. The van der Waals surface area contributed by atoms with Crippen molar-refractivity contribution in [2.75, 3.05) is 0 Å². The van der Waals surface area contributed by atoms with Crippen LogP contribution >= 0.6 is 11.8 Å². The number of hydrogen-bond donors (Lipinski definition) is 4. The number of thioether (sulfide) groups is 1. The molecule has 11 heteroatoms. The van der Waals surface area contributed by atoms with Gasteiger partial charge in [-0.2, -0.15) is 0 Å². The lowest BCUT2D eigenvalue weighted by molar-refractivity contribution is -0.159. The van der Waals surface area contributed by atoms with Gasteiger partial charge < -0.3 is 30.0 Å². The number of benzene rings is 1. The molecular weight excluding hydrogens is 404 g/mol. The van der Waals surface area contributed by atoms with Gasteiger partial charge in [-0.3, -0.25) is 9.59 Å². The van der Waals surface area contributed by atoms with E-state index in [-0.39, 0.29) is 22.5 Å². The van der Waals surface area contributed by atoms with Crippen LogP contribution in [0.15, 0.2) is 27.4 Å². The summed E-state index contributed by atoms with van der Waals surface area (Å²) in [4.78, 5) is 50.0. The van der Waals surface area contributed by atoms with E-state index in [2.05, 4.69) is 5.32 Å². The third-order valence-corrected chi connectivity index (χ3v) is 6.59. The number of aromatic hydroxyl groups is 2. The summed E-state index contributed by atoms with van der Waals surface area (Å²) >= 11 is 1.25. The molecule has 3 unspecified atom stereocenters. The molecule has 2 fully saturated rings. The van der Waals surface area contributed by atoms with Gasteiger partial charge in [-0.05, 0) is 19.9 Å². The molecule has 2 amide bonds. The molecule has 152 valence electrons. The molecule has 1 aromatic carbocycles. The second kappa shape index (κ2) is 6.14. The first-order valence-corrected chi connectivity index (χ1v) is 9.43. The van der Waals surface area contributed by atoms with E-state index in [9.17, 15) is 34.5 Å². The number of nitrogens with zero attached hydrogens (tertiary/aromatic N) is 1. The number of fused-ring (bicyclic) bond motifs is 2. The normalized spacial score (nSPS) is 24.8. The molecule has 2 aliphatic rings. The van der Waals surface area contributed by atoms with Crippen LogP contribution in [0, 0.1) is 0 Å². The SMILES string of the molecule is CC1(C)SC2C(NC(=O)c3cc4c(O)cc(O)cc4oc3=O)C(=O)N2C1C(=O)O. The highest BCUT2D eigenvalue weighted by molar-refractivity contribution is 8.01. The van der Waals surface area contributed by atoms with Gasteiger partial charge >= 0.3 is 11.6 Å². The molecule has 3 heterocycles. The average molecular weight is 420 g/mol. The number of β-lactam (4-membered cyclic amide) rings is 1. The van der Waals surface area contributed by atoms with Crippen molar-refractivity contribution in [2.45, 2.75) is 36.1 Å². The largest absolute Gasteiger partial charge is 0.508 e. The van der Waals surface area contributed by atoms with Gasteiger partial charge in [0.2, 0.25) is 5.91 Å². The number of carboxylic acids is 1. The molecule has 2 aliphatic heterocycles. The molecule has 4 rings (SSSR count). The number of carbonyl (C=O) groups excluding carboxylic acids is 2. The smallest absolute Gasteiger partial charge is 0.349 e. The zero-order valence-corrected chi connectivity index (χ0v) is 16.0. The number of carboxylic acid groups (broad SMARTS) is 1. The minimum absolute atomic E-state index is 0.0384. The summed E-state index contributed by atoms with van der Waals surface area (Å²) in [5, 5.41) is 30.7. The summed E-state index contributed by atoms with van der Waals surface area (Å²) in [5.41, 5.74) is -1.54. The quantitative estimate of drug-likeness (QED) is 0.409. The fourth-order valence-electron chi connectivity index (χ4n) is 3.71. The molecule has 0 saturated carbocycles. The maximum Gasteiger partial charge on any atom is 0.349 e. The maximum absolute atomic E-state index is 12.6. The molecule has 29 heavy (non-hydrogen) atoms. The first-order valence-electron chi connectivity index (χ1n) is 8.55. The van der Waals surface area contributed by atoms with Gasteiger partial charge in [-0.25, -0.2) is 9.59 Å². The van der Waals surface area contributed by atoms with Crippen molar-refractivity contribution < 1.29 is 34.1 Å². The minimum atomic E-state index is -1.13. The van der Waals surface area contributed by atoms with E-state index < -0.39 is 51.2 Å². The first-order chi connectivity index (χ1) is 13.5. The fourth-order valence-corrected chi connectivity index (χ4v) is 5.33. The molecular formula is C18H16N2O8S. The molecule has 10 nitrogen and oxygen atoms in total. The Morgan fingerprint density at radius 1 is 1.21 bits per heavy atom. The van der Waals surface area contributed by atoms with Crippen LogP contribution in [0.2, 0.25) is 0 Å². The van der Waals surface area contributed by atoms with Gasteiger partial charge in [-0.1, -0.05) is 0 Å². The Hall–Kier alpha value is -3.21. The Morgan fingerprint density at radius 2 is 1.90 bits per heavy atom. The zero-order chi connectivity index (χ0) is 21.2. The summed E-state index contributed by atoms with van der Waals surface area (Å²) in [7, 11) is 0. The number of phenolic OH excluding ortho intramolecular Hbond substituents is 2. The number of nitrogens with one attached hydrogen (secondary N) is 1. The van der Waals surface area contributed by atoms with Gasteiger partial charge in [0, 0.05) is 16.9 Å². The molecule has 3 atom stereocenters. The van der Waals surface area contributed by atoms with E-state index in [0.29, 0.717) is 0 Å². The van der Waals surface area contributed by atoms with Crippen molar-refractivity contribution in [2.24, 2.45) is 0 Å². The van der Waals surface area contributed by atoms with Crippen molar-refractivity contribution in [3.63, 3.8) is 0 Å². The molecule has 0 spiro atoms. The summed E-state index contributed by atoms with van der Waals surface area (Å²) in [6.07, 6.45) is 0. The number of hydrogen-bond acceptors (Lipinski definition) is 8. The number of amides is 2. The van der Waals surface area contributed by atoms with Crippen LogP contribution in [0.25, 0.3) is 11.0 Å². The van der Waals surface area contributed by atoms with Crippen LogP contribution in [0.3, 0.4) is 0 Å². The van der Waals surface area contributed by atoms with Gasteiger partial charge in [0.25, 0.3) is 5.91 Å². The predicted molar refractivity (Wildman–Crippen MR) is 101 cm³/mol. The molecule has 0 aliphatic carbocycles. The highest BCUT2D eigenvalue weighted by atomic mass is 32.2. The molecule has 2 aromatic rings. The lowest BCUT2D eigenvalue weighted by atomic mass is 9.96. The van der Waals surface area contributed by atoms with Gasteiger partial charge in [0.05, 0.1) is 5.39 Å². The van der Waals surface area contributed by atoms with Gasteiger partial charge in [-0.15, -0.1) is 11.8 Å². The Bertz CT molecular complexity index is 1140. The van der Waals surface area contributed by atoms with Crippen molar-refractivity contribution in [3.8, 4) is 11.5 Å². The van der Waals surface area contributed by atoms with Crippen LogP contribution in [0.5, 0.6) is 11.5 Å². The summed E-state index contributed by atoms with van der Waals surface area (Å²) < 4.78 is 4.24. The topological polar surface area (TPSA) is 157 Å². The van der Waals surface area contributed by atoms with Crippen molar-refractivity contribution >= 4 is 40.5 Å². The van der Waals surface area contributed by atoms with E-state index in [4.69, 9.17) is 4.42 Å². The summed E-state index contributed by atoms with van der Waals surface area (Å²) in [5.74, 6) is -3.27. The van der Waals surface area contributed by atoms with Gasteiger partial charge in [0.15, 0.2) is 0 Å². The van der Waals surface area contributed by atoms with E-state index in [1.54, 1.807) is 13.8 Å². The third kappa shape index (κ3) is 2.80. The second-order valence-corrected chi connectivity index (χ2v) is 9.14. The van der Waals surface area contributed by atoms with E-state index in [0.717, 1.165) is 18.2 Å². The number of carbonyl (C=O) groups is 3. The van der Waals surface area contributed by atoms with Crippen LogP contribution < -0.4 is 10.9 Å². The Labute approximate surface area is 167 Å². The first kappa shape index (κ1) is 19.1. The van der Waals surface area contributed by atoms with E-state index >= 15 is 0 Å². The lowest BCUT2D eigenvalue weighted by Crippen LogP contribution is -2.70. The van der Waals surface area contributed by atoms with Gasteiger partial charge in [0.1, 0.15) is 40.1 Å². The van der Waals surface area contributed by atoms with Crippen molar-refractivity contribution in [1.29, 1.82) is 0 Å². The van der Waals surface area contributed by atoms with E-state index in [1.807, 2.05) is 0 Å². The summed E-state index contributed by atoms with van der Waals surface area (Å²) in [6.45, 7) is 3.41. The highest BCUT2D eigenvalue weighted by Gasteiger charge is 2.64. The predicted octanol–water partition coefficient (Wildman–Crippen LogP) is 0.449. The average Bonchev–Trinajstić information content (AvgIpc) is 2.87. The third-order valence-electron chi connectivity index (χ3n) is 5.02. The highest BCUT2D eigenvalue weighted by Crippen LogP contribution is 2.50. The number of phenols is 2. The standard InChI is InChI=1S/C18H16N2O8S/c1-18(2)12(16(25)26)20-14(24)11(15(20)29-18)19-13(23)8-5-7-9(22)3-6(21)4-10(7)28-17(8)27/h3-5,11-12,15,21-22H,1-2H3,(H,19,23)(H,25,26). The maximum atomic E-state index is 12.6. The molecule has 1 aromatic heterocycles. The number of rotatable bonds is 3. The summed E-state index contributed by atoms with van der Waals surface area (Å²) in [6, 6.07) is 1.25. The molecule has 2 saturated heterocycles. The molecule has 4 N–H and O–H groups in total. The minimum Gasteiger partial charge on any atom is -0.508 e. The molecule has 0 radical (unpaired) electrons. The monoisotopic (exact) mass is 420 g/mol.